The number of hydrogen-bond donors (Lipinski definition) is 0. The molecule has 5 nitrogen and oxygen atoms in total. The summed E-state index contributed by atoms with van der Waals surface area (Å²) in [5.74, 6) is 2.94. The molecule has 0 saturated heterocycles. The van der Waals surface area contributed by atoms with Crippen molar-refractivity contribution in [2.75, 3.05) is 7.11 Å². The van der Waals surface area contributed by atoms with Crippen LogP contribution in [0.1, 0.15) is 5.56 Å². The highest BCUT2D eigenvalue weighted by Gasteiger charge is 2.18. The van der Waals surface area contributed by atoms with Gasteiger partial charge in [-0.3, -0.25) is 4.57 Å². The van der Waals surface area contributed by atoms with Gasteiger partial charge in [-0.15, -0.1) is 10.2 Å². The summed E-state index contributed by atoms with van der Waals surface area (Å²) in [6.07, 6.45) is 1.64. The molecule has 4 rings (SSSR count). The smallest absolute Gasteiger partial charge is 0.205 e. The Hall–Kier alpha value is -2.51. The van der Waals surface area contributed by atoms with Gasteiger partial charge in [0.15, 0.2) is 10.9 Å². The van der Waals surface area contributed by atoms with E-state index in [2.05, 4.69) is 32.2 Å². The zero-order valence-corrected chi connectivity index (χ0v) is 16.9. The normalized spacial score (nSPS) is 10.9. The Kier molecular flexibility index (Phi) is 5.31. The number of methoxy groups -OCH3 is 1. The third kappa shape index (κ3) is 3.79. The van der Waals surface area contributed by atoms with Gasteiger partial charge in [0.1, 0.15) is 5.75 Å². The van der Waals surface area contributed by atoms with Crippen molar-refractivity contribution in [2.45, 2.75) is 10.9 Å². The fourth-order valence-electron chi connectivity index (χ4n) is 2.69. The van der Waals surface area contributed by atoms with E-state index in [1.54, 1.807) is 25.1 Å². The van der Waals surface area contributed by atoms with E-state index >= 15 is 0 Å². The van der Waals surface area contributed by atoms with Crippen molar-refractivity contribution in [3.63, 3.8) is 0 Å². The maximum absolute atomic E-state index is 5.55. The Labute approximate surface area is 169 Å². The van der Waals surface area contributed by atoms with Crippen LogP contribution in [0.3, 0.4) is 0 Å². The maximum Gasteiger partial charge on any atom is 0.205 e. The molecule has 0 aliphatic heterocycles. The van der Waals surface area contributed by atoms with Crippen LogP contribution >= 0.6 is 27.7 Å². The Morgan fingerprint density at radius 2 is 1.93 bits per heavy atom. The van der Waals surface area contributed by atoms with E-state index in [0.717, 1.165) is 32.4 Å². The number of aromatic nitrogens is 3. The van der Waals surface area contributed by atoms with Gasteiger partial charge in [-0.1, -0.05) is 36.0 Å². The molecule has 7 heteroatoms. The molecule has 2 heterocycles. The number of hydrogen-bond acceptors (Lipinski definition) is 5. The number of thioether (sulfide) groups is 1. The highest BCUT2D eigenvalue weighted by molar-refractivity contribution is 9.10. The third-order valence-electron chi connectivity index (χ3n) is 3.97. The maximum atomic E-state index is 5.55. The van der Waals surface area contributed by atoms with Gasteiger partial charge >= 0.3 is 0 Å². The van der Waals surface area contributed by atoms with Crippen molar-refractivity contribution in [3.8, 4) is 23.0 Å². The SMILES string of the molecule is COc1ccc(CSc2nnc(-c3ccco3)n2-c2ccccc2)cc1Br. The summed E-state index contributed by atoms with van der Waals surface area (Å²) in [4.78, 5) is 0. The van der Waals surface area contributed by atoms with Gasteiger partial charge in [0.25, 0.3) is 0 Å². The average molecular weight is 442 g/mol. The van der Waals surface area contributed by atoms with Gasteiger partial charge in [0.2, 0.25) is 5.82 Å². The lowest BCUT2D eigenvalue weighted by atomic mass is 10.2. The van der Waals surface area contributed by atoms with Gasteiger partial charge in [0.05, 0.1) is 17.8 Å². The van der Waals surface area contributed by atoms with Crippen molar-refractivity contribution in [1.82, 2.24) is 14.8 Å². The molecule has 0 bridgehead atoms. The summed E-state index contributed by atoms with van der Waals surface area (Å²) in [5.41, 5.74) is 2.15. The first-order valence-corrected chi connectivity index (χ1v) is 10.0. The van der Waals surface area contributed by atoms with Gasteiger partial charge in [-0.2, -0.15) is 0 Å². The molecule has 0 aliphatic rings. The number of benzene rings is 2. The van der Waals surface area contributed by atoms with Gasteiger partial charge in [0, 0.05) is 11.4 Å². The molecule has 4 aromatic rings. The lowest BCUT2D eigenvalue weighted by Gasteiger charge is -2.09. The second kappa shape index (κ2) is 8.02. The molecule has 0 spiro atoms. The average Bonchev–Trinajstić information content (AvgIpc) is 3.36. The van der Waals surface area contributed by atoms with Crippen molar-refractivity contribution < 1.29 is 9.15 Å². The first-order valence-electron chi connectivity index (χ1n) is 8.26. The third-order valence-corrected chi connectivity index (χ3v) is 5.59. The van der Waals surface area contributed by atoms with Gasteiger partial charge in [-0.25, -0.2) is 0 Å². The van der Waals surface area contributed by atoms with Crippen LogP contribution < -0.4 is 4.74 Å². The first-order chi connectivity index (χ1) is 13.3. The minimum atomic E-state index is 0.685. The minimum absolute atomic E-state index is 0.685. The molecule has 2 aromatic heterocycles. The number of furan rings is 1. The second-order valence-corrected chi connectivity index (χ2v) is 7.51. The Bertz CT molecular complexity index is 1030. The number of para-hydroxylation sites is 1. The lowest BCUT2D eigenvalue weighted by molar-refractivity contribution is 0.412. The quantitative estimate of drug-likeness (QED) is 0.365. The predicted molar refractivity (Wildman–Crippen MR) is 109 cm³/mol. The topological polar surface area (TPSA) is 53.1 Å². The highest BCUT2D eigenvalue weighted by atomic mass is 79.9. The zero-order chi connectivity index (χ0) is 18.6. The van der Waals surface area contributed by atoms with Crippen LogP contribution in [0.25, 0.3) is 17.3 Å². The number of ether oxygens (including phenoxy) is 1. The van der Waals surface area contributed by atoms with Crippen LogP contribution in [0.4, 0.5) is 0 Å². The standard InChI is InChI=1S/C20H16BrN3O2S/c1-25-17-10-9-14(12-16(17)21)13-27-20-23-22-19(18-8-5-11-26-18)24(20)15-6-3-2-4-7-15/h2-12H,13H2,1H3. The van der Waals surface area contributed by atoms with E-state index < -0.39 is 0 Å². The molecule has 0 atom stereocenters. The molecule has 0 saturated carbocycles. The minimum Gasteiger partial charge on any atom is -0.496 e. The van der Waals surface area contributed by atoms with E-state index in [1.807, 2.05) is 59.2 Å². The lowest BCUT2D eigenvalue weighted by Crippen LogP contribution is -1.99. The zero-order valence-electron chi connectivity index (χ0n) is 14.5. The molecule has 27 heavy (non-hydrogen) atoms. The molecular weight excluding hydrogens is 426 g/mol. The van der Waals surface area contributed by atoms with E-state index in [1.165, 1.54) is 0 Å². The van der Waals surface area contributed by atoms with Gasteiger partial charge < -0.3 is 9.15 Å². The Balaban J connectivity index is 1.66. The molecule has 136 valence electrons. The Morgan fingerprint density at radius 3 is 2.63 bits per heavy atom. The van der Waals surface area contributed by atoms with E-state index in [9.17, 15) is 0 Å². The molecule has 0 unspecified atom stereocenters. The van der Waals surface area contributed by atoms with E-state index in [-0.39, 0.29) is 0 Å². The molecule has 2 aromatic carbocycles. The second-order valence-electron chi connectivity index (χ2n) is 5.71. The highest BCUT2D eigenvalue weighted by Crippen LogP contribution is 2.32. The number of halogens is 1. The summed E-state index contributed by atoms with van der Waals surface area (Å²) >= 11 is 5.16. The fraction of sp³-hybridized carbons (Fsp3) is 0.100. The number of rotatable bonds is 6. The fourth-order valence-corrected chi connectivity index (χ4v) is 4.17. The number of nitrogens with zero attached hydrogens (tertiary/aromatic N) is 3. The van der Waals surface area contributed by atoms with Crippen LogP contribution in [0.15, 0.2) is 81.0 Å². The molecule has 0 N–H and O–H groups in total. The summed E-state index contributed by atoms with van der Waals surface area (Å²) in [7, 11) is 1.66. The largest absolute Gasteiger partial charge is 0.496 e. The molecule has 0 amide bonds. The van der Waals surface area contributed by atoms with Crippen molar-refractivity contribution in [1.29, 1.82) is 0 Å². The predicted octanol–water partition coefficient (Wildman–Crippen LogP) is 5.59. The molecule has 0 aliphatic carbocycles. The van der Waals surface area contributed by atoms with Crippen LogP contribution in [0.5, 0.6) is 5.75 Å². The molecular formula is C20H16BrN3O2S. The molecule has 0 radical (unpaired) electrons. The van der Waals surface area contributed by atoms with Crippen LogP contribution in [0, 0.1) is 0 Å². The van der Waals surface area contributed by atoms with E-state index in [4.69, 9.17) is 9.15 Å². The molecule has 0 fully saturated rings. The van der Waals surface area contributed by atoms with Crippen LogP contribution in [-0.2, 0) is 5.75 Å². The van der Waals surface area contributed by atoms with Crippen LogP contribution in [-0.4, -0.2) is 21.9 Å². The summed E-state index contributed by atoms with van der Waals surface area (Å²) in [5, 5.41) is 9.57. The Morgan fingerprint density at radius 1 is 1.07 bits per heavy atom. The summed E-state index contributed by atoms with van der Waals surface area (Å²) in [6, 6.07) is 19.8. The van der Waals surface area contributed by atoms with Crippen molar-refractivity contribution in [2.24, 2.45) is 0 Å². The summed E-state index contributed by atoms with van der Waals surface area (Å²) < 4.78 is 13.8. The van der Waals surface area contributed by atoms with Gasteiger partial charge in [-0.05, 0) is 57.9 Å². The van der Waals surface area contributed by atoms with Crippen molar-refractivity contribution >= 4 is 27.7 Å². The van der Waals surface area contributed by atoms with Crippen molar-refractivity contribution in [3.05, 3.63) is 77.0 Å². The first kappa shape index (κ1) is 17.9. The van der Waals surface area contributed by atoms with Crippen LogP contribution in [0.2, 0.25) is 0 Å². The van der Waals surface area contributed by atoms with E-state index in [0.29, 0.717) is 11.6 Å². The monoisotopic (exact) mass is 441 g/mol. The summed E-state index contributed by atoms with van der Waals surface area (Å²) in [6.45, 7) is 0.